The van der Waals surface area contributed by atoms with Gasteiger partial charge in [-0.3, -0.25) is 0 Å². The predicted octanol–water partition coefficient (Wildman–Crippen LogP) is 1.82. The highest BCUT2D eigenvalue weighted by molar-refractivity contribution is 7.91. The zero-order valence-electron chi connectivity index (χ0n) is 10.5. The fourth-order valence-corrected chi connectivity index (χ4v) is 3.65. The van der Waals surface area contributed by atoms with Gasteiger partial charge in [-0.2, -0.15) is 0 Å². The van der Waals surface area contributed by atoms with Gasteiger partial charge in [-0.15, -0.1) is 0 Å². The summed E-state index contributed by atoms with van der Waals surface area (Å²) in [6.45, 7) is 4.69. The van der Waals surface area contributed by atoms with Crippen LogP contribution in [0.1, 0.15) is 39.5 Å². The topological polar surface area (TPSA) is 60.2 Å². The van der Waals surface area contributed by atoms with Crippen LogP contribution in [0.2, 0.25) is 0 Å². The summed E-state index contributed by atoms with van der Waals surface area (Å²) in [4.78, 5) is 0. The third-order valence-corrected chi connectivity index (χ3v) is 5.68. The van der Waals surface area contributed by atoms with Crippen LogP contribution >= 0.6 is 0 Å². The summed E-state index contributed by atoms with van der Waals surface area (Å²) in [6, 6.07) is 0. The van der Waals surface area contributed by atoms with E-state index in [1.54, 1.807) is 6.92 Å². The van der Waals surface area contributed by atoms with Crippen LogP contribution in [0.25, 0.3) is 0 Å². The number of rotatable bonds is 5. The van der Waals surface area contributed by atoms with Crippen LogP contribution in [-0.2, 0) is 9.84 Å². The Labute approximate surface area is 99.7 Å². The minimum atomic E-state index is -2.81. The second kappa shape index (κ2) is 6.01. The molecule has 1 aliphatic carbocycles. The van der Waals surface area contributed by atoms with Gasteiger partial charge in [0.15, 0.2) is 0 Å². The van der Waals surface area contributed by atoms with E-state index >= 15 is 0 Å². The molecule has 0 radical (unpaired) electrons. The molecule has 3 atom stereocenters. The number of nitrogens with two attached hydrogens (primary N) is 1. The lowest BCUT2D eigenvalue weighted by Crippen LogP contribution is -2.31. The molecule has 0 amide bonds. The molecule has 0 spiro atoms. The Bertz CT molecular complexity index is 300. The van der Waals surface area contributed by atoms with E-state index in [0.717, 1.165) is 18.8 Å². The molecule has 1 rings (SSSR count). The summed E-state index contributed by atoms with van der Waals surface area (Å²) in [5, 5.41) is 0. The quantitative estimate of drug-likeness (QED) is 0.806. The molecule has 0 heterocycles. The van der Waals surface area contributed by atoms with Crippen molar-refractivity contribution in [3.05, 3.63) is 0 Å². The lowest BCUT2D eigenvalue weighted by atomic mass is 9.73. The smallest absolute Gasteiger partial charge is 0.150 e. The van der Waals surface area contributed by atoms with Gasteiger partial charge >= 0.3 is 0 Å². The second-order valence-corrected chi connectivity index (χ2v) is 7.67. The van der Waals surface area contributed by atoms with Crippen LogP contribution in [0.5, 0.6) is 0 Å². The highest BCUT2D eigenvalue weighted by Gasteiger charge is 2.28. The Morgan fingerprint density at radius 1 is 1.25 bits per heavy atom. The first-order valence-electron chi connectivity index (χ1n) is 6.39. The van der Waals surface area contributed by atoms with Crippen molar-refractivity contribution in [3.63, 3.8) is 0 Å². The summed E-state index contributed by atoms with van der Waals surface area (Å²) in [5.74, 6) is 2.41. The molecule has 0 aromatic carbocycles. The largest absolute Gasteiger partial charge is 0.330 e. The third kappa shape index (κ3) is 4.06. The molecule has 96 valence electrons. The lowest BCUT2D eigenvalue weighted by Gasteiger charge is -2.34. The van der Waals surface area contributed by atoms with Crippen molar-refractivity contribution >= 4 is 9.84 Å². The molecule has 1 fully saturated rings. The van der Waals surface area contributed by atoms with Gasteiger partial charge in [-0.25, -0.2) is 8.42 Å². The number of sulfone groups is 1. The van der Waals surface area contributed by atoms with Crippen LogP contribution in [0.4, 0.5) is 0 Å². The van der Waals surface area contributed by atoms with Gasteiger partial charge in [0.2, 0.25) is 0 Å². The van der Waals surface area contributed by atoms with E-state index < -0.39 is 9.84 Å². The van der Waals surface area contributed by atoms with Gasteiger partial charge in [0.1, 0.15) is 9.84 Å². The van der Waals surface area contributed by atoms with E-state index in [-0.39, 0.29) is 5.75 Å². The molecular formula is C12H25NO2S. The van der Waals surface area contributed by atoms with Gasteiger partial charge in [0, 0.05) is 5.75 Å². The van der Waals surface area contributed by atoms with E-state index in [0.29, 0.717) is 24.1 Å². The van der Waals surface area contributed by atoms with Crippen LogP contribution in [0.15, 0.2) is 0 Å². The van der Waals surface area contributed by atoms with E-state index in [2.05, 4.69) is 6.92 Å². The SMILES string of the molecule is CCS(=O)(=O)CCC1CC(C)CCC1CN. The maximum Gasteiger partial charge on any atom is 0.150 e. The molecule has 16 heavy (non-hydrogen) atoms. The molecular weight excluding hydrogens is 222 g/mol. The summed E-state index contributed by atoms with van der Waals surface area (Å²) in [5.41, 5.74) is 5.76. The van der Waals surface area contributed by atoms with E-state index in [4.69, 9.17) is 5.73 Å². The lowest BCUT2D eigenvalue weighted by molar-refractivity contribution is 0.190. The Balaban J connectivity index is 2.49. The first-order valence-corrected chi connectivity index (χ1v) is 8.21. The van der Waals surface area contributed by atoms with Crippen LogP contribution in [0.3, 0.4) is 0 Å². The van der Waals surface area contributed by atoms with Crippen molar-refractivity contribution in [2.45, 2.75) is 39.5 Å². The van der Waals surface area contributed by atoms with Gasteiger partial charge in [0.05, 0.1) is 5.75 Å². The van der Waals surface area contributed by atoms with Crippen LogP contribution in [0, 0.1) is 17.8 Å². The van der Waals surface area contributed by atoms with Crippen molar-refractivity contribution in [2.24, 2.45) is 23.5 Å². The molecule has 0 bridgehead atoms. The second-order valence-electron chi connectivity index (χ2n) is 5.20. The Morgan fingerprint density at radius 3 is 2.50 bits per heavy atom. The molecule has 0 aromatic rings. The zero-order valence-corrected chi connectivity index (χ0v) is 11.3. The van der Waals surface area contributed by atoms with E-state index in [1.807, 2.05) is 0 Å². The standard InChI is InChI=1S/C12H25NO2S/c1-3-16(14,15)7-6-11-8-10(2)4-5-12(11)9-13/h10-12H,3-9,13H2,1-2H3. The Morgan fingerprint density at radius 2 is 1.94 bits per heavy atom. The maximum absolute atomic E-state index is 11.5. The molecule has 1 aliphatic rings. The normalized spacial score (nSPS) is 31.6. The molecule has 4 heteroatoms. The summed E-state index contributed by atoms with van der Waals surface area (Å²) in [6.07, 6.45) is 4.39. The first kappa shape index (κ1) is 14.0. The average molecular weight is 247 g/mol. The van der Waals surface area contributed by atoms with Crippen molar-refractivity contribution in [2.75, 3.05) is 18.1 Å². The molecule has 3 unspecified atom stereocenters. The molecule has 1 saturated carbocycles. The highest BCUT2D eigenvalue weighted by atomic mass is 32.2. The van der Waals surface area contributed by atoms with Crippen molar-refractivity contribution < 1.29 is 8.42 Å². The van der Waals surface area contributed by atoms with Crippen molar-refractivity contribution in [1.29, 1.82) is 0 Å². The third-order valence-electron chi connectivity index (χ3n) is 3.94. The molecule has 3 nitrogen and oxygen atoms in total. The highest BCUT2D eigenvalue weighted by Crippen LogP contribution is 2.35. The average Bonchev–Trinajstić information content (AvgIpc) is 2.27. The first-order chi connectivity index (χ1) is 7.48. The fourth-order valence-electron chi connectivity index (χ4n) is 2.70. The zero-order chi connectivity index (χ0) is 12.2. The summed E-state index contributed by atoms with van der Waals surface area (Å²) in [7, 11) is -2.81. The molecule has 0 aromatic heterocycles. The van der Waals surface area contributed by atoms with Gasteiger partial charge < -0.3 is 5.73 Å². The van der Waals surface area contributed by atoms with Crippen LogP contribution < -0.4 is 5.73 Å². The van der Waals surface area contributed by atoms with E-state index in [9.17, 15) is 8.42 Å². The van der Waals surface area contributed by atoms with Gasteiger partial charge in [0.25, 0.3) is 0 Å². The summed E-state index contributed by atoms with van der Waals surface area (Å²) >= 11 is 0. The molecule has 2 N–H and O–H groups in total. The Hall–Kier alpha value is -0.0900. The maximum atomic E-state index is 11.5. The van der Waals surface area contributed by atoms with Crippen LogP contribution in [-0.4, -0.2) is 26.5 Å². The summed E-state index contributed by atoms with van der Waals surface area (Å²) < 4.78 is 23.0. The monoisotopic (exact) mass is 247 g/mol. The fraction of sp³-hybridized carbons (Fsp3) is 1.00. The number of hydrogen-bond donors (Lipinski definition) is 1. The molecule has 0 aliphatic heterocycles. The number of hydrogen-bond acceptors (Lipinski definition) is 3. The van der Waals surface area contributed by atoms with E-state index in [1.165, 1.54) is 12.8 Å². The van der Waals surface area contributed by atoms with Gasteiger partial charge in [-0.05, 0) is 43.6 Å². The minimum Gasteiger partial charge on any atom is -0.330 e. The minimum absolute atomic E-state index is 0.266. The predicted molar refractivity (Wildman–Crippen MR) is 68.0 cm³/mol. The Kier molecular flexibility index (Phi) is 5.25. The van der Waals surface area contributed by atoms with Crippen molar-refractivity contribution in [1.82, 2.24) is 0 Å². The van der Waals surface area contributed by atoms with Crippen molar-refractivity contribution in [3.8, 4) is 0 Å². The van der Waals surface area contributed by atoms with Gasteiger partial charge in [-0.1, -0.05) is 20.3 Å². The molecule has 0 saturated heterocycles.